The highest BCUT2D eigenvalue weighted by Gasteiger charge is 2.30. The van der Waals surface area contributed by atoms with Crippen molar-refractivity contribution in [1.29, 1.82) is 0 Å². The van der Waals surface area contributed by atoms with Gasteiger partial charge in [0.1, 0.15) is 5.69 Å². The molecule has 5 nitrogen and oxygen atoms in total. The van der Waals surface area contributed by atoms with Crippen LogP contribution in [0.3, 0.4) is 0 Å². The summed E-state index contributed by atoms with van der Waals surface area (Å²) in [5, 5.41) is 15.8. The highest BCUT2D eigenvalue weighted by molar-refractivity contribution is 6.35. The van der Waals surface area contributed by atoms with E-state index in [2.05, 4.69) is 6.08 Å². The maximum atomic E-state index is 13.6. The third-order valence-corrected chi connectivity index (χ3v) is 6.91. The predicted molar refractivity (Wildman–Crippen MR) is 138 cm³/mol. The Morgan fingerprint density at radius 3 is 2.69 bits per heavy atom. The van der Waals surface area contributed by atoms with Crippen LogP contribution in [-0.2, 0) is 6.42 Å². The van der Waals surface area contributed by atoms with Crippen molar-refractivity contribution >= 4 is 40.6 Å². The monoisotopic (exact) mass is 506 g/mol. The zero-order chi connectivity index (χ0) is 24.4. The Hall–Kier alpha value is -3.12. The summed E-state index contributed by atoms with van der Waals surface area (Å²) in [6, 6.07) is 16.8. The Morgan fingerprint density at radius 2 is 1.97 bits per heavy atom. The van der Waals surface area contributed by atoms with Gasteiger partial charge in [-0.05, 0) is 60.7 Å². The zero-order valence-electron chi connectivity index (χ0n) is 19.0. The van der Waals surface area contributed by atoms with Crippen LogP contribution in [0.1, 0.15) is 58.1 Å². The maximum Gasteiger partial charge on any atom is 0.184 e. The normalized spacial score (nSPS) is 15.2. The molecule has 0 aliphatic heterocycles. The van der Waals surface area contributed by atoms with Gasteiger partial charge in [0.15, 0.2) is 5.78 Å². The molecular formula is C28H24Cl2N2O3. The second-order valence-electron chi connectivity index (χ2n) is 8.68. The molecule has 0 fully saturated rings. The van der Waals surface area contributed by atoms with Crippen molar-refractivity contribution in [3.05, 3.63) is 105 Å². The summed E-state index contributed by atoms with van der Waals surface area (Å²) in [6.07, 6.45) is 8.04. The quantitative estimate of drug-likeness (QED) is 0.274. The van der Waals surface area contributed by atoms with Crippen LogP contribution in [0.25, 0.3) is 17.3 Å². The van der Waals surface area contributed by atoms with Gasteiger partial charge in [0, 0.05) is 28.5 Å². The Labute approximate surface area is 213 Å². The number of aliphatic hydroxyl groups is 1. The Morgan fingerprint density at radius 1 is 1.14 bits per heavy atom. The highest BCUT2D eigenvalue weighted by Crippen LogP contribution is 2.38. The molecule has 1 aliphatic rings. The Bertz CT molecular complexity index is 1370. The molecule has 0 unspecified atom stereocenters. The smallest absolute Gasteiger partial charge is 0.184 e. The Balaban J connectivity index is 1.61. The van der Waals surface area contributed by atoms with E-state index in [1.165, 1.54) is 0 Å². The second kappa shape index (κ2) is 10.2. The summed E-state index contributed by atoms with van der Waals surface area (Å²) in [5.41, 5.74) is 5.81. The lowest BCUT2D eigenvalue weighted by Gasteiger charge is -2.19. The zero-order valence-corrected chi connectivity index (χ0v) is 20.5. The average Bonchev–Trinajstić information content (AvgIpc) is 3.52. The van der Waals surface area contributed by atoms with Gasteiger partial charge in [0.05, 0.1) is 35.5 Å². The first kappa shape index (κ1) is 23.6. The third-order valence-electron chi connectivity index (χ3n) is 6.37. The molecule has 0 spiro atoms. The lowest BCUT2D eigenvalue weighted by atomic mass is 9.87. The number of carbonyl (C=O) groups is 1. The number of fused-ring (bicyclic) bond motifs is 1. The summed E-state index contributed by atoms with van der Waals surface area (Å²) >= 11 is 12.7. The van der Waals surface area contributed by atoms with Gasteiger partial charge >= 0.3 is 0 Å². The van der Waals surface area contributed by atoms with Crippen LogP contribution in [0.5, 0.6) is 0 Å². The van der Waals surface area contributed by atoms with E-state index in [0.29, 0.717) is 21.4 Å². The predicted octanol–water partition coefficient (Wildman–Crippen LogP) is 7.00. The molecule has 1 N–H and O–H groups in total. The van der Waals surface area contributed by atoms with Crippen LogP contribution < -0.4 is 0 Å². The number of benzene rings is 2. The van der Waals surface area contributed by atoms with Crippen LogP contribution in [-0.4, -0.2) is 27.3 Å². The summed E-state index contributed by atoms with van der Waals surface area (Å²) < 4.78 is 7.02. The summed E-state index contributed by atoms with van der Waals surface area (Å²) in [6.45, 7) is -0.118. The van der Waals surface area contributed by atoms with E-state index < -0.39 is 0 Å². The minimum atomic E-state index is -0.298. The van der Waals surface area contributed by atoms with Crippen LogP contribution in [0.4, 0.5) is 0 Å². The molecule has 5 rings (SSSR count). The topological polar surface area (TPSA) is 68.3 Å². The van der Waals surface area contributed by atoms with Gasteiger partial charge in [-0.25, -0.2) is 4.68 Å². The van der Waals surface area contributed by atoms with Gasteiger partial charge in [-0.1, -0.05) is 53.5 Å². The lowest BCUT2D eigenvalue weighted by Crippen LogP contribution is -2.13. The van der Waals surface area contributed by atoms with Crippen LogP contribution in [0, 0.1) is 0 Å². The summed E-state index contributed by atoms with van der Waals surface area (Å²) in [5.74, 6) is -0.397. The molecule has 1 atom stereocenters. The van der Waals surface area contributed by atoms with Crippen molar-refractivity contribution in [2.45, 2.75) is 31.6 Å². The van der Waals surface area contributed by atoms with Crippen molar-refractivity contribution in [2.24, 2.45) is 0 Å². The second-order valence-corrected chi connectivity index (χ2v) is 9.52. The van der Waals surface area contributed by atoms with Crippen molar-refractivity contribution in [1.82, 2.24) is 9.78 Å². The van der Waals surface area contributed by atoms with E-state index in [4.69, 9.17) is 32.7 Å². The number of hydrogen-bond acceptors (Lipinski definition) is 4. The number of allylic oxidation sites excluding steroid dienone is 1. The average molecular weight is 507 g/mol. The SMILES string of the molecule is O=C(C[C@H](CO)c1ccccc1)c1nn(-c2ccc(Cl)cc2Cl)c2c1CCC/C2=C\c1ccoc1. The summed E-state index contributed by atoms with van der Waals surface area (Å²) in [7, 11) is 0. The van der Waals surface area contributed by atoms with E-state index >= 15 is 0 Å². The van der Waals surface area contributed by atoms with Crippen molar-refractivity contribution in [3.8, 4) is 5.69 Å². The molecule has 0 saturated carbocycles. The first-order chi connectivity index (χ1) is 17.0. The van der Waals surface area contributed by atoms with Crippen molar-refractivity contribution in [3.63, 3.8) is 0 Å². The van der Waals surface area contributed by atoms with Crippen LogP contribution >= 0.6 is 23.2 Å². The van der Waals surface area contributed by atoms with Crippen molar-refractivity contribution < 1.29 is 14.3 Å². The molecule has 0 amide bonds. The molecule has 0 saturated heterocycles. The van der Waals surface area contributed by atoms with E-state index in [0.717, 1.165) is 47.2 Å². The molecular weight excluding hydrogens is 483 g/mol. The molecule has 2 heterocycles. The van der Waals surface area contributed by atoms with Gasteiger partial charge < -0.3 is 9.52 Å². The number of halogens is 2. The fourth-order valence-corrected chi connectivity index (χ4v) is 5.16. The number of Topliss-reactive ketones (excluding diaryl/α,β-unsaturated/α-hetero) is 1. The first-order valence-electron chi connectivity index (χ1n) is 11.5. The first-order valence-corrected chi connectivity index (χ1v) is 12.3. The van der Waals surface area contributed by atoms with Gasteiger partial charge in [-0.15, -0.1) is 0 Å². The van der Waals surface area contributed by atoms with Gasteiger partial charge in [0.2, 0.25) is 0 Å². The fourth-order valence-electron chi connectivity index (χ4n) is 4.67. The number of aromatic nitrogens is 2. The van der Waals surface area contributed by atoms with E-state index in [1.54, 1.807) is 29.3 Å². The standard InChI is InChI=1S/C28H24Cl2N2O3/c29-22-9-10-25(24(30)15-22)32-28-20(13-18-11-12-35-17-18)7-4-8-23(28)27(31-32)26(34)14-21(16-33)19-5-2-1-3-6-19/h1-3,5-6,9-13,15,17,21,33H,4,7-8,14,16H2/b20-13+/t21-/m1/s1. The third kappa shape index (κ3) is 4.85. The maximum absolute atomic E-state index is 13.6. The van der Waals surface area contributed by atoms with E-state index in [-0.39, 0.29) is 24.7 Å². The van der Waals surface area contributed by atoms with Gasteiger partial charge in [0.25, 0.3) is 0 Å². The summed E-state index contributed by atoms with van der Waals surface area (Å²) in [4.78, 5) is 13.6. The minimum absolute atomic E-state index is 0.0995. The van der Waals surface area contributed by atoms with Crippen LogP contribution in [0.2, 0.25) is 10.0 Å². The lowest BCUT2D eigenvalue weighted by molar-refractivity contribution is 0.0953. The number of aliphatic hydroxyl groups excluding tert-OH is 1. The molecule has 0 bridgehead atoms. The number of hydrogen-bond donors (Lipinski definition) is 1. The van der Waals surface area contributed by atoms with E-state index in [1.807, 2.05) is 42.5 Å². The van der Waals surface area contributed by atoms with Crippen LogP contribution in [0.15, 0.2) is 71.5 Å². The molecule has 178 valence electrons. The molecule has 1 aliphatic carbocycles. The fraction of sp³-hybridized carbons (Fsp3) is 0.214. The minimum Gasteiger partial charge on any atom is -0.472 e. The number of nitrogens with zero attached hydrogens (tertiary/aromatic N) is 2. The molecule has 4 aromatic rings. The Kier molecular flexibility index (Phi) is 6.91. The number of rotatable bonds is 7. The highest BCUT2D eigenvalue weighted by atomic mass is 35.5. The molecule has 2 aromatic heterocycles. The van der Waals surface area contributed by atoms with Gasteiger partial charge in [-0.2, -0.15) is 5.10 Å². The number of ketones is 1. The molecule has 2 aromatic carbocycles. The van der Waals surface area contributed by atoms with E-state index in [9.17, 15) is 9.90 Å². The van der Waals surface area contributed by atoms with Gasteiger partial charge in [-0.3, -0.25) is 4.79 Å². The molecule has 7 heteroatoms. The molecule has 35 heavy (non-hydrogen) atoms. The number of carbonyl (C=O) groups excluding carboxylic acids is 1. The largest absolute Gasteiger partial charge is 0.472 e. The number of furan rings is 1. The van der Waals surface area contributed by atoms with Crippen molar-refractivity contribution in [2.75, 3.05) is 6.61 Å². The molecule has 0 radical (unpaired) electrons.